The molecule has 3 N–H and O–H groups in total. The Bertz CT molecular complexity index is 1390. The number of ether oxygens (including phenoxy) is 2. The molecule has 5 rings (SSSR count). The summed E-state index contributed by atoms with van der Waals surface area (Å²) in [5, 5.41) is 18.3. The lowest BCUT2D eigenvalue weighted by atomic mass is 9.89. The number of rotatable bonds is 6. The zero-order valence-electron chi connectivity index (χ0n) is 18.7. The molecule has 1 aliphatic rings. The molecule has 0 radical (unpaired) electrons. The average Bonchev–Trinajstić information content (AvgIpc) is 3.47. The summed E-state index contributed by atoms with van der Waals surface area (Å²) in [6, 6.07) is 13.4. The molecular weight excluding hydrogens is 438 g/mol. The number of quaternary nitrogens is 1. The number of H-pyrrole nitrogens is 1. The van der Waals surface area contributed by atoms with Crippen LogP contribution < -0.4 is 10.1 Å². The number of nitrogens with zero attached hydrogens (tertiary/aromatic N) is 3. The van der Waals surface area contributed by atoms with E-state index in [9.17, 15) is 14.9 Å². The van der Waals surface area contributed by atoms with Crippen molar-refractivity contribution in [3.05, 3.63) is 87.4 Å². The number of nitro groups is 1. The Morgan fingerprint density at radius 1 is 1.29 bits per heavy atom. The number of para-hydroxylation sites is 1. The average molecular weight is 462 g/mol. The first kappa shape index (κ1) is 21.7. The zero-order chi connectivity index (χ0) is 23.8. The monoisotopic (exact) mass is 462 g/mol. The molecule has 0 aliphatic carbocycles. The van der Waals surface area contributed by atoms with Crippen LogP contribution in [0.3, 0.4) is 0 Å². The van der Waals surface area contributed by atoms with Gasteiger partial charge in [-0.15, -0.1) is 0 Å². The summed E-state index contributed by atoms with van der Waals surface area (Å²) in [5.41, 5.74) is 4.90. The van der Waals surface area contributed by atoms with Crippen molar-refractivity contribution in [1.82, 2.24) is 14.8 Å². The number of nitrogens with two attached hydrogens (primary N) is 1. The highest BCUT2D eigenvalue weighted by atomic mass is 16.6. The zero-order valence-corrected chi connectivity index (χ0v) is 18.7. The van der Waals surface area contributed by atoms with E-state index in [1.165, 1.54) is 24.2 Å². The molecule has 10 nitrogen and oxygen atoms in total. The Morgan fingerprint density at radius 2 is 2.12 bits per heavy atom. The van der Waals surface area contributed by atoms with Gasteiger partial charge in [0.2, 0.25) is 0 Å². The maximum absolute atomic E-state index is 12.5. The molecule has 2 aromatic heterocycles. The first-order valence-electron chi connectivity index (χ1n) is 10.8. The number of fused-ring (bicyclic) bond motifs is 3. The lowest BCUT2D eigenvalue weighted by Gasteiger charge is -2.27. The van der Waals surface area contributed by atoms with Crippen LogP contribution in [0.25, 0.3) is 10.9 Å². The summed E-state index contributed by atoms with van der Waals surface area (Å²) in [5.74, 6) is 0.387. The van der Waals surface area contributed by atoms with E-state index in [0.29, 0.717) is 18.7 Å². The number of carbonyl (C=O) groups is 1. The molecule has 4 aromatic rings. The summed E-state index contributed by atoms with van der Waals surface area (Å²) in [6.07, 6.45) is 3.19. The molecule has 0 unspecified atom stereocenters. The number of methoxy groups -OCH3 is 2. The van der Waals surface area contributed by atoms with Gasteiger partial charge in [-0.05, 0) is 29.8 Å². The Hall–Kier alpha value is -4.18. The van der Waals surface area contributed by atoms with Crippen LogP contribution in [0, 0.1) is 10.1 Å². The molecule has 0 saturated carbocycles. The van der Waals surface area contributed by atoms with Crippen LogP contribution in [0.15, 0.2) is 54.9 Å². The lowest BCUT2D eigenvalue weighted by Crippen LogP contribution is -2.94. The van der Waals surface area contributed by atoms with E-state index in [-0.39, 0.29) is 23.7 Å². The van der Waals surface area contributed by atoms with E-state index in [1.54, 1.807) is 7.11 Å². The second-order valence-electron chi connectivity index (χ2n) is 8.29. The Labute approximate surface area is 194 Å². The summed E-state index contributed by atoms with van der Waals surface area (Å²) in [4.78, 5) is 26.6. The molecule has 1 aliphatic heterocycles. The van der Waals surface area contributed by atoms with E-state index in [2.05, 4.69) is 16.1 Å². The van der Waals surface area contributed by atoms with Crippen molar-refractivity contribution in [2.24, 2.45) is 0 Å². The highest BCUT2D eigenvalue weighted by molar-refractivity contribution is 5.86. The molecule has 0 amide bonds. The summed E-state index contributed by atoms with van der Waals surface area (Å²) < 4.78 is 12.1. The molecule has 2 atom stereocenters. The van der Waals surface area contributed by atoms with Gasteiger partial charge in [0.05, 0.1) is 31.4 Å². The van der Waals surface area contributed by atoms with Crippen LogP contribution in [0.4, 0.5) is 5.69 Å². The van der Waals surface area contributed by atoms with E-state index in [4.69, 9.17) is 9.47 Å². The fourth-order valence-electron chi connectivity index (χ4n) is 4.74. The van der Waals surface area contributed by atoms with Gasteiger partial charge in [0, 0.05) is 28.5 Å². The van der Waals surface area contributed by atoms with Gasteiger partial charge >= 0.3 is 11.7 Å². The van der Waals surface area contributed by atoms with Crippen LogP contribution in [0.1, 0.15) is 28.4 Å². The third-order valence-corrected chi connectivity index (χ3v) is 6.34. The van der Waals surface area contributed by atoms with Crippen LogP contribution >= 0.6 is 0 Å². The third kappa shape index (κ3) is 3.77. The molecule has 0 saturated heterocycles. The van der Waals surface area contributed by atoms with Gasteiger partial charge in [-0.2, -0.15) is 5.10 Å². The van der Waals surface area contributed by atoms with Crippen LogP contribution in [-0.4, -0.2) is 45.9 Å². The number of nitrogens with one attached hydrogen (secondary N) is 1. The first-order chi connectivity index (χ1) is 16.5. The van der Waals surface area contributed by atoms with Gasteiger partial charge in [-0.3, -0.25) is 14.8 Å². The second-order valence-corrected chi connectivity index (χ2v) is 8.29. The van der Waals surface area contributed by atoms with Gasteiger partial charge in [0.25, 0.3) is 0 Å². The second kappa shape index (κ2) is 8.64. The fourth-order valence-corrected chi connectivity index (χ4v) is 4.74. The van der Waals surface area contributed by atoms with Crippen molar-refractivity contribution in [3.63, 3.8) is 0 Å². The van der Waals surface area contributed by atoms with Crippen molar-refractivity contribution < 1.29 is 24.5 Å². The number of aromatic nitrogens is 3. The predicted octanol–water partition coefficient (Wildman–Crippen LogP) is 2.08. The van der Waals surface area contributed by atoms with Gasteiger partial charge in [-0.1, -0.05) is 18.2 Å². The molecule has 34 heavy (non-hydrogen) atoms. The Morgan fingerprint density at radius 3 is 2.85 bits per heavy atom. The number of carbonyl (C=O) groups excluding carboxylic acids is 1. The standard InChI is InChI=1S/C24H23N5O5/c1-33-21-8-7-14(9-15(21)12-28-13-16(11-25-28)29(31)32)22-23-18(10-20(27-22)24(30)34-2)17-5-3-4-6-19(17)26-23/h3-9,11,13,20,22,26-27H,10,12H2,1-2H3/p+1/t20-,22+/m1/s1. The molecule has 2 aromatic carbocycles. The van der Waals surface area contributed by atoms with E-state index < -0.39 is 4.92 Å². The number of hydrogen-bond donors (Lipinski definition) is 2. The third-order valence-electron chi connectivity index (χ3n) is 6.34. The van der Waals surface area contributed by atoms with Crippen molar-refractivity contribution in [2.75, 3.05) is 14.2 Å². The largest absolute Gasteiger partial charge is 0.496 e. The van der Waals surface area contributed by atoms with E-state index in [1.807, 2.05) is 41.7 Å². The maximum Gasteiger partial charge on any atom is 0.364 e. The summed E-state index contributed by atoms with van der Waals surface area (Å²) >= 11 is 0. The number of hydrogen-bond acceptors (Lipinski definition) is 6. The number of aromatic amines is 1. The SMILES string of the molecule is COC(=O)[C@H]1Cc2c([nH]c3ccccc23)[C@H](c2ccc(OC)c(Cn3cc([N+](=O)[O-])cn3)c2)[NH2+]1. The van der Waals surface area contributed by atoms with Gasteiger partial charge < -0.3 is 19.8 Å². The van der Waals surface area contributed by atoms with Gasteiger partial charge in [-0.25, -0.2) is 4.79 Å². The number of esters is 1. The molecule has 3 heterocycles. The van der Waals surface area contributed by atoms with Crippen molar-refractivity contribution in [2.45, 2.75) is 25.0 Å². The summed E-state index contributed by atoms with van der Waals surface area (Å²) in [7, 11) is 2.99. The minimum absolute atomic E-state index is 0.0700. The van der Waals surface area contributed by atoms with Crippen molar-refractivity contribution in [3.8, 4) is 5.75 Å². The van der Waals surface area contributed by atoms with Gasteiger partial charge in [0.15, 0.2) is 12.1 Å². The summed E-state index contributed by atoms with van der Waals surface area (Å²) in [6.45, 7) is 0.303. The molecule has 174 valence electrons. The quantitative estimate of drug-likeness (QED) is 0.256. The molecule has 10 heteroatoms. The molecule has 0 bridgehead atoms. The fraction of sp³-hybridized carbons (Fsp3) is 0.250. The van der Waals surface area contributed by atoms with Gasteiger partial charge in [0.1, 0.15) is 18.1 Å². The van der Waals surface area contributed by atoms with E-state index in [0.717, 1.165) is 33.3 Å². The smallest absolute Gasteiger partial charge is 0.364 e. The minimum atomic E-state index is -0.474. The Balaban J connectivity index is 1.57. The molecular formula is C24H24N5O5+. The topological polar surface area (TPSA) is 129 Å². The van der Waals surface area contributed by atoms with Crippen LogP contribution in [-0.2, 0) is 22.5 Å². The van der Waals surface area contributed by atoms with Crippen LogP contribution in [0.5, 0.6) is 5.75 Å². The lowest BCUT2D eigenvalue weighted by molar-refractivity contribution is -0.712. The molecule has 0 fully saturated rings. The van der Waals surface area contributed by atoms with Crippen molar-refractivity contribution >= 4 is 22.6 Å². The number of benzene rings is 2. The highest BCUT2D eigenvalue weighted by Gasteiger charge is 2.38. The highest BCUT2D eigenvalue weighted by Crippen LogP contribution is 2.33. The molecule has 0 spiro atoms. The van der Waals surface area contributed by atoms with E-state index >= 15 is 0 Å². The predicted molar refractivity (Wildman–Crippen MR) is 123 cm³/mol. The first-order valence-corrected chi connectivity index (χ1v) is 10.8. The Kier molecular flexibility index (Phi) is 5.50. The maximum atomic E-state index is 12.5. The normalized spacial score (nSPS) is 17.4. The van der Waals surface area contributed by atoms with Crippen LogP contribution in [0.2, 0.25) is 0 Å². The minimum Gasteiger partial charge on any atom is -0.496 e. The van der Waals surface area contributed by atoms with Crippen molar-refractivity contribution in [1.29, 1.82) is 0 Å².